The van der Waals surface area contributed by atoms with Crippen molar-refractivity contribution in [2.24, 2.45) is 5.92 Å². The van der Waals surface area contributed by atoms with Crippen LogP contribution in [0.5, 0.6) is 0 Å². The third-order valence-electron chi connectivity index (χ3n) is 4.98. The van der Waals surface area contributed by atoms with Crippen molar-refractivity contribution in [3.63, 3.8) is 0 Å². The Labute approximate surface area is 130 Å². The summed E-state index contributed by atoms with van der Waals surface area (Å²) < 4.78 is 13.7. The number of nitrogens with one attached hydrogen (secondary N) is 2. The number of benzene rings is 1. The van der Waals surface area contributed by atoms with E-state index in [1.807, 2.05) is 6.07 Å². The van der Waals surface area contributed by atoms with E-state index in [1.54, 1.807) is 6.07 Å². The van der Waals surface area contributed by atoms with Crippen LogP contribution in [0.1, 0.15) is 49.3 Å². The van der Waals surface area contributed by atoms with Crippen LogP contribution in [0, 0.1) is 11.7 Å². The molecule has 3 unspecified atom stereocenters. The fourth-order valence-corrected chi connectivity index (χ4v) is 3.74. The number of hydrogen-bond acceptors (Lipinski definition) is 2. The normalized spacial score (nSPS) is 27.3. The maximum absolute atomic E-state index is 13.7. The van der Waals surface area contributed by atoms with E-state index >= 15 is 0 Å². The quantitative estimate of drug-likeness (QED) is 0.804. The molecule has 0 heterocycles. The highest BCUT2D eigenvalue weighted by Crippen LogP contribution is 2.32. The molecule has 1 aromatic rings. The second-order valence-corrected chi connectivity index (χ2v) is 6.35. The van der Waals surface area contributed by atoms with Gasteiger partial charge >= 0.3 is 6.03 Å². The van der Waals surface area contributed by atoms with Gasteiger partial charge in [-0.25, -0.2) is 9.18 Å². The summed E-state index contributed by atoms with van der Waals surface area (Å²) in [7, 11) is 0. The Bertz CT molecular complexity index is 549. The standard InChI is InChI=1S/C17H23FN2O2/c18-14-6-3-5-13-12(14)8-9-16(13)20-17(22)19-15-7-2-1-4-11(15)10-21/h3,5-6,11,15-16,21H,1-2,4,7-10H2,(H2,19,20,22). The highest BCUT2D eigenvalue weighted by Gasteiger charge is 2.29. The van der Waals surface area contributed by atoms with Crippen LogP contribution in [-0.4, -0.2) is 23.8 Å². The van der Waals surface area contributed by atoms with Crippen LogP contribution in [-0.2, 0) is 6.42 Å². The summed E-state index contributed by atoms with van der Waals surface area (Å²) in [5, 5.41) is 15.4. The fourth-order valence-electron chi connectivity index (χ4n) is 3.74. The largest absolute Gasteiger partial charge is 0.396 e. The Hall–Kier alpha value is -1.62. The Morgan fingerprint density at radius 3 is 2.86 bits per heavy atom. The Morgan fingerprint density at radius 1 is 1.23 bits per heavy atom. The van der Waals surface area contributed by atoms with Gasteiger partial charge in [-0.05, 0) is 42.9 Å². The average molecular weight is 306 g/mol. The van der Waals surface area contributed by atoms with E-state index in [-0.39, 0.29) is 36.5 Å². The number of fused-ring (bicyclic) bond motifs is 1. The minimum absolute atomic E-state index is 0.0344. The first-order chi connectivity index (χ1) is 10.7. The maximum Gasteiger partial charge on any atom is 0.315 e. The zero-order valence-electron chi connectivity index (χ0n) is 12.6. The van der Waals surface area contributed by atoms with E-state index in [0.717, 1.165) is 43.2 Å². The summed E-state index contributed by atoms with van der Waals surface area (Å²) in [4.78, 5) is 12.2. The minimum Gasteiger partial charge on any atom is -0.396 e. The molecule has 1 aromatic carbocycles. The molecule has 2 amide bonds. The minimum atomic E-state index is -0.215. The van der Waals surface area contributed by atoms with Crippen LogP contribution in [0.15, 0.2) is 18.2 Å². The third-order valence-corrected chi connectivity index (χ3v) is 4.98. The van der Waals surface area contributed by atoms with Gasteiger partial charge in [0.25, 0.3) is 0 Å². The topological polar surface area (TPSA) is 61.4 Å². The summed E-state index contributed by atoms with van der Waals surface area (Å²) in [5.74, 6) is -0.0392. The molecule has 0 bridgehead atoms. The van der Waals surface area contributed by atoms with E-state index in [2.05, 4.69) is 10.6 Å². The van der Waals surface area contributed by atoms with Gasteiger partial charge in [-0.1, -0.05) is 25.0 Å². The Morgan fingerprint density at radius 2 is 2.05 bits per heavy atom. The van der Waals surface area contributed by atoms with Gasteiger partial charge in [0.15, 0.2) is 0 Å². The molecular formula is C17H23FN2O2. The molecule has 4 nitrogen and oxygen atoms in total. The first-order valence-corrected chi connectivity index (χ1v) is 8.14. The molecule has 0 aliphatic heterocycles. The second-order valence-electron chi connectivity index (χ2n) is 6.35. The lowest BCUT2D eigenvalue weighted by Crippen LogP contribution is -2.48. The van der Waals surface area contributed by atoms with Crippen molar-refractivity contribution in [2.45, 2.75) is 50.6 Å². The van der Waals surface area contributed by atoms with E-state index < -0.39 is 0 Å². The monoisotopic (exact) mass is 306 g/mol. The van der Waals surface area contributed by atoms with Gasteiger partial charge in [-0.3, -0.25) is 0 Å². The second kappa shape index (κ2) is 6.65. The van der Waals surface area contributed by atoms with E-state index in [0.29, 0.717) is 6.42 Å². The number of aliphatic hydroxyl groups excluding tert-OH is 1. The van der Waals surface area contributed by atoms with Crippen LogP contribution < -0.4 is 10.6 Å². The summed E-state index contributed by atoms with van der Waals surface area (Å²) in [6.45, 7) is 0.114. The van der Waals surface area contributed by atoms with Crippen molar-refractivity contribution in [2.75, 3.05) is 6.61 Å². The fraction of sp³-hybridized carbons (Fsp3) is 0.588. The van der Waals surface area contributed by atoms with Gasteiger partial charge in [0, 0.05) is 18.6 Å². The maximum atomic E-state index is 13.7. The van der Waals surface area contributed by atoms with Crippen LogP contribution >= 0.6 is 0 Å². The van der Waals surface area contributed by atoms with Crippen LogP contribution in [0.2, 0.25) is 0 Å². The molecule has 2 aliphatic rings. The molecular weight excluding hydrogens is 283 g/mol. The number of aliphatic hydroxyl groups is 1. The molecule has 1 saturated carbocycles. The first kappa shape index (κ1) is 15.3. The number of rotatable bonds is 3. The lowest BCUT2D eigenvalue weighted by atomic mass is 9.85. The number of urea groups is 1. The van der Waals surface area contributed by atoms with Crippen molar-refractivity contribution in [1.82, 2.24) is 10.6 Å². The van der Waals surface area contributed by atoms with Gasteiger partial charge in [-0.15, -0.1) is 0 Å². The van der Waals surface area contributed by atoms with Gasteiger partial charge < -0.3 is 15.7 Å². The number of carbonyl (C=O) groups is 1. The Kier molecular flexibility index (Phi) is 4.62. The lowest BCUT2D eigenvalue weighted by Gasteiger charge is -2.31. The molecule has 0 spiro atoms. The molecule has 0 saturated heterocycles. The van der Waals surface area contributed by atoms with E-state index in [4.69, 9.17) is 0 Å². The summed E-state index contributed by atoms with van der Waals surface area (Å²) in [6.07, 6.45) is 5.46. The van der Waals surface area contributed by atoms with Crippen molar-refractivity contribution >= 4 is 6.03 Å². The zero-order valence-corrected chi connectivity index (χ0v) is 12.6. The highest BCUT2D eigenvalue weighted by molar-refractivity contribution is 5.75. The van der Waals surface area contributed by atoms with Crippen molar-refractivity contribution in [3.8, 4) is 0 Å². The molecule has 2 aliphatic carbocycles. The Balaban J connectivity index is 1.60. The molecule has 1 fully saturated rings. The predicted molar refractivity (Wildman–Crippen MR) is 82.0 cm³/mol. The molecule has 3 N–H and O–H groups in total. The smallest absolute Gasteiger partial charge is 0.315 e. The number of hydrogen-bond donors (Lipinski definition) is 3. The molecule has 0 radical (unpaired) electrons. The van der Waals surface area contributed by atoms with Gasteiger partial charge in [0.1, 0.15) is 5.82 Å². The third kappa shape index (κ3) is 3.09. The number of carbonyl (C=O) groups excluding carboxylic acids is 1. The van der Waals surface area contributed by atoms with Crippen LogP contribution in [0.3, 0.4) is 0 Å². The molecule has 22 heavy (non-hydrogen) atoms. The summed E-state index contributed by atoms with van der Waals surface area (Å²) >= 11 is 0. The van der Waals surface area contributed by atoms with Crippen molar-refractivity contribution in [1.29, 1.82) is 0 Å². The SMILES string of the molecule is O=C(NC1CCc2c(F)cccc21)NC1CCCCC1CO. The van der Waals surface area contributed by atoms with E-state index in [9.17, 15) is 14.3 Å². The van der Waals surface area contributed by atoms with Gasteiger partial charge in [-0.2, -0.15) is 0 Å². The predicted octanol–water partition coefficient (Wildman–Crippen LogP) is 2.66. The van der Waals surface area contributed by atoms with E-state index in [1.165, 1.54) is 6.07 Å². The number of halogens is 1. The van der Waals surface area contributed by atoms with Crippen molar-refractivity contribution in [3.05, 3.63) is 35.1 Å². The van der Waals surface area contributed by atoms with Gasteiger partial charge in [0.05, 0.1) is 6.04 Å². The van der Waals surface area contributed by atoms with Gasteiger partial charge in [0.2, 0.25) is 0 Å². The molecule has 5 heteroatoms. The molecule has 0 aromatic heterocycles. The summed E-state index contributed by atoms with van der Waals surface area (Å²) in [6, 6.07) is 4.74. The first-order valence-electron chi connectivity index (χ1n) is 8.14. The molecule has 3 rings (SSSR count). The highest BCUT2D eigenvalue weighted by atomic mass is 19.1. The van der Waals surface area contributed by atoms with Crippen LogP contribution in [0.25, 0.3) is 0 Å². The lowest BCUT2D eigenvalue weighted by molar-refractivity contribution is 0.153. The zero-order chi connectivity index (χ0) is 15.5. The summed E-state index contributed by atoms with van der Waals surface area (Å²) in [5.41, 5.74) is 1.61. The molecule has 120 valence electrons. The van der Waals surface area contributed by atoms with Crippen LogP contribution in [0.4, 0.5) is 9.18 Å². The average Bonchev–Trinajstić information content (AvgIpc) is 2.92. The molecule has 3 atom stereocenters. The number of amides is 2. The van der Waals surface area contributed by atoms with Crippen molar-refractivity contribution < 1.29 is 14.3 Å².